The third-order valence-corrected chi connectivity index (χ3v) is 4.90. The number of rotatable bonds is 6. The Hall–Kier alpha value is -0.590. The van der Waals surface area contributed by atoms with Gasteiger partial charge in [-0.1, -0.05) is 36.7 Å². The van der Waals surface area contributed by atoms with E-state index in [2.05, 4.69) is 20.7 Å². The quantitative estimate of drug-likeness (QED) is 0.869. The van der Waals surface area contributed by atoms with Crippen LogP contribution in [-0.4, -0.2) is 25.8 Å². The maximum absolute atomic E-state index is 12.1. The van der Waals surface area contributed by atoms with Gasteiger partial charge in [0.25, 0.3) is 0 Å². The summed E-state index contributed by atoms with van der Waals surface area (Å²) in [4.78, 5) is 0. The van der Waals surface area contributed by atoms with E-state index in [4.69, 9.17) is 0 Å². The lowest BCUT2D eigenvalue weighted by Gasteiger charge is -2.20. The number of aryl methyl sites for hydroxylation is 1. The van der Waals surface area contributed by atoms with Crippen molar-refractivity contribution >= 4 is 31.8 Å². The second-order valence-electron chi connectivity index (χ2n) is 3.85. The molecule has 0 aliphatic heterocycles. The van der Waals surface area contributed by atoms with Crippen LogP contribution < -0.4 is 4.72 Å². The highest BCUT2D eigenvalue weighted by Crippen LogP contribution is 2.23. The van der Waals surface area contributed by atoms with Crippen LogP contribution in [0.5, 0.6) is 0 Å². The summed E-state index contributed by atoms with van der Waals surface area (Å²) in [7, 11) is -3.45. The van der Waals surface area contributed by atoms with Crippen LogP contribution in [0.4, 0.5) is 5.69 Å². The topological polar surface area (TPSA) is 49.4 Å². The fourth-order valence-corrected chi connectivity index (χ4v) is 3.42. The molecule has 6 heteroatoms. The molecule has 0 aliphatic carbocycles. The van der Waals surface area contributed by atoms with Crippen molar-refractivity contribution in [2.24, 2.45) is 0 Å². The van der Waals surface area contributed by atoms with Crippen molar-refractivity contribution in [1.82, 2.24) is 4.31 Å². The summed E-state index contributed by atoms with van der Waals surface area (Å²) < 4.78 is 29.2. The molecule has 0 fully saturated rings. The van der Waals surface area contributed by atoms with Crippen LogP contribution in [0.1, 0.15) is 26.3 Å². The van der Waals surface area contributed by atoms with Crippen LogP contribution in [0.15, 0.2) is 22.7 Å². The summed E-state index contributed by atoms with van der Waals surface area (Å²) in [6.45, 7) is 6.57. The standard InChI is InChI=1S/C12H19BrN2O2S/c1-4-10-9-11(13)7-8-12(10)14-18(16,17)15(5-2)6-3/h7-9,14H,4-6H2,1-3H3. The molecule has 0 atom stereocenters. The number of hydrogen-bond acceptors (Lipinski definition) is 2. The lowest BCUT2D eigenvalue weighted by molar-refractivity contribution is 0.449. The van der Waals surface area contributed by atoms with E-state index in [0.717, 1.165) is 16.5 Å². The molecule has 1 aromatic rings. The Balaban J connectivity index is 3.04. The predicted molar refractivity (Wildman–Crippen MR) is 79.0 cm³/mol. The first kappa shape index (κ1) is 15.5. The SMILES string of the molecule is CCc1cc(Br)ccc1NS(=O)(=O)N(CC)CC. The number of hydrogen-bond donors (Lipinski definition) is 1. The van der Waals surface area contributed by atoms with Crippen LogP contribution in [-0.2, 0) is 16.6 Å². The highest BCUT2D eigenvalue weighted by atomic mass is 79.9. The van der Waals surface area contributed by atoms with Gasteiger partial charge in [-0.15, -0.1) is 0 Å². The van der Waals surface area contributed by atoms with Crippen LogP contribution in [0.2, 0.25) is 0 Å². The predicted octanol–water partition coefficient (Wildman–Crippen LogP) is 3.01. The maximum Gasteiger partial charge on any atom is 0.301 e. The minimum Gasteiger partial charge on any atom is -0.271 e. The first-order valence-electron chi connectivity index (χ1n) is 6.00. The molecule has 1 N–H and O–H groups in total. The van der Waals surface area contributed by atoms with Crippen LogP contribution in [0, 0.1) is 0 Å². The van der Waals surface area contributed by atoms with Gasteiger partial charge in [0, 0.05) is 17.6 Å². The Morgan fingerprint density at radius 3 is 2.33 bits per heavy atom. The van der Waals surface area contributed by atoms with Crippen molar-refractivity contribution in [1.29, 1.82) is 0 Å². The lowest BCUT2D eigenvalue weighted by Crippen LogP contribution is -2.35. The zero-order valence-corrected chi connectivity index (χ0v) is 13.3. The summed E-state index contributed by atoms with van der Waals surface area (Å²) in [5.41, 5.74) is 1.62. The second-order valence-corrected chi connectivity index (χ2v) is 6.43. The molecule has 1 aromatic carbocycles. The first-order chi connectivity index (χ1) is 8.44. The van der Waals surface area contributed by atoms with Crippen molar-refractivity contribution < 1.29 is 8.42 Å². The Bertz CT molecular complexity index is 499. The van der Waals surface area contributed by atoms with Gasteiger partial charge in [-0.05, 0) is 30.2 Å². The molecular weight excluding hydrogens is 316 g/mol. The molecule has 0 amide bonds. The van der Waals surface area contributed by atoms with E-state index < -0.39 is 10.2 Å². The number of nitrogens with one attached hydrogen (secondary N) is 1. The van der Waals surface area contributed by atoms with Gasteiger partial charge in [0.05, 0.1) is 5.69 Å². The molecule has 0 saturated heterocycles. The average molecular weight is 335 g/mol. The fraction of sp³-hybridized carbons (Fsp3) is 0.500. The van der Waals surface area contributed by atoms with E-state index in [-0.39, 0.29) is 0 Å². The van der Waals surface area contributed by atoms with E-state index >= 15 is 0 Å². The molecule has 18 heavy (non-hydrogen) atoms. The second kappa shape index (κ2) is 6.54. The molecule has 4 nitrogen and oxygen atoms in total. The zero-order chi connectivity index (χ0) is 13.8. The monoisotopic (exact) mass is 334 g/mol. The third kappa shape index (κ3) is 3.70. The smallest absolute Gasteiger partial charge is 0.271 e. The van der Waals surface area contributed by atoms with Crippen molar-refractivity contribution in [3.05, 3.63) is 28.2 Å². The summed E-state index contributed by atoms with van der Waals surface area (Å²) in [6, 6.07) is 5.54. The molecule has 0 radical (unpaired) electrons. The van der Waals surface area contributed by atoms with E-state index in [1.54, 1.807) is 6.07 Å². The van der Waals surface area contributed by atoms with Gasteiger partial charge >= 0.3 is 10.2 Å². The van der Waals surface area contributed by atoms with Gasteiger partial charge in [-0.3, -0.25) is 4.72 Å². The molecule has 0 unspecified atom stereocenters. The van der Waals surface area contributed by atoms with E-state index in [0.29, 0.717) is 18.8 Å². The van der Waals surface area contributed by atoms with Crippen molar-refractivity contribution in [2.75, 3.05) is 17.8 Å². The van der Waals surface area contributed by atoms with Crippen LogP contribution >= 0.6 is 15.9 Å². The lowest BCUT2D eigenvalue weighted by atomic mass is 10.1. The van der Waals surface area contributed by atoms with E-state index in [1.807, 2.05) is 32.9 Å². The molecule has 0 aromatic heterocycles. The largest absolute Gasteiger partial charge is 0.301 e. The number of benzene rings is 1. The highest BCUT2D eigenvalue weighted by Gasteiger charge is 2.19. The number of nitrogens with zero attached hydrogens (tertiary/aromatic N) is 1. The van der Waals surface area contributed by atoms with Crippen molar-refractivity contribution in [3.8, 4) is 0 Å². The van der Waals surface area contributed by atoms with Crippen molar-refractivity contribution in [3.63, 3.8) is 0 Å². The Labute approximate surface area is 118 Å². The summed E-state index contributed by atoms with van der Waals surface area (Å²) in [6.07, 6.45) is 0.773. The normalized spacial score (nSPS) is 11.8. The van der Waals surface area contributed by atoms with E-state index in [9.17, 15) is 8.42 Å². The Morgan fingerprint density at radius 1 is 1.22 bits per heavy atom. The number of halogens is 1. The van der Waals surface area contributed by atoms with Crippen molar-refractivity contribution in [2.45, 2.75) is 27.2 Å². The van der Waals surface area contributed by atoms with Crippen LogP contribution in [0.3, 0.4) is 0 Å². The maximum atomic E-state index is 12.1. The minimum atomic E-state index is -3.45. The van der Waals surface area contributed by atoms with Gasteiger partial charge < -0.3 is 0 Å². The van der Waals surface area contributed by atoms with E-state index in [1.165, 1.54) is 4.31 Å². The van der Waals surface area contributed by atoms with Crippen LogP contribution in [0.25, 0.3) is 0 Å². The fourth-order valence-electron chi connectivity index (χ4n) is 1.72. The average Bonchev–Trinajstić information content (AvgIpc) is 2.32. The molecule has 0 bridgehead atoms. The first-order valence-corrected chi connectivity index (χ1v) is 8.24. The molecule has 0 aliphatic rings. The molecule has 0 saturated carbocycles. The van der Waals surface area contributed by atoms with Gasteiger partial charge in [0.2, 0.25) is 0 Å². The summed E-state index contributed by atoms with van der Waals surface area (Å²) >= 11 is 3.39. The molecule has 1 rings (SSSR count). The third-order valence-electron chi connectivity index (χ3n) is 2.73. The number of anilines is 1. The van der Waals surface area contributed by atoms with Gasteiger partial charge in [0.1, 0.15) is 0 Å². The zero-order valence-electron chi connectivity index (χ0n) is 10.9. The molecule has 0 spiro atoms. The molecule has 0 heterocycles. The summed E-state index contributed by atoms with van der Waals surface area (Å²) in [5.74, 6) is 0. The molecule has 102 valence electrons. The minimum absolute atomic E-state index is 0.462. The molecular formula is C12H19BrN2O2S. The summed E-state index contributed by atoms with van der Waals surface area (Å²) in [5, 5.41) is 0. The Morgan fingerprint density at radius 2 is 1.83 bits per heavy atom. The van der Waals surface area contributed by atoms with Gasteiger partial charge in [-0.25, -0.2) is 0 Å². The van der Waals surface area contributed by atoms with Gasteiger partial charge in [-0.2, -0.15) is 12.7 Å². The Kier molecular flexibility index (Phi) is 5.62. The van der Waals surface area contributed by atoms with Gasteiger partial charge in [0.15, 0.2) is 0 Å². The highest BCUT2D eigenvalue weighted by molar-refractivity contribution is 9.10.